The van der Waals surface area contributed by atoms with Crippen molar-refractivity contribution in [1.82, 2.24) is 4.98 Å². The largest absolute Gasteiger partial charge is 0.453 e. The molecule has 216 valence electrons. The molecule has 41 heavy (non-hydrogen) atoms. The van der Waals surface area contributed by atoms with Gasteiger partial charge in [0.25, 0.3) is 5.91 Å². The number of amides is 1. The van der Waals surface area contributed by atoms with Gasteiger partial charge in [-0.25, -0.2) is 4.98 Å². The van der Waals surface area contributed by atoms with Crippen molar-refractivity contribution in [3.8, 4) is 11.5 Å². The van der Waals surface area contributed by atoms with Crippen molar-refractivity contribution in [2.75, 3.05) is 23.3 Å². The Bertz CT molecular complexity index is 1530. The van der Waals surface area contributed by atoms with Crippen molar-refractivity contribution < 1.29 is 9.21 Å². The number of unbranched alkanes of at least 4 members (excludes halogenated alkanes) is 7. The van der Waals surface area contributed by atoms with Gasteiger partial charge in [0.05, 0.1) is 5.56 Å². The van der Waals surface area contributed by atoms with E-state index in [1.807, 2.05) is 24.3 Å². The molecular weight excluding hydrogens is 510 g/mol. The van der Waals surface area contributed by atoms with E-state index in [1.165, 1.54) is 74.2 Å². The van der Waals surface area contributed by atoms with Crippen LogP contribution in [0.4, 0.5) is 11.4 Å². The molecule has 0 bridgehead atoms. The Labute approximate surface area is 243 Å². The number of nitrogens with zero attached hydrogens (tertiary/aromatic N) is 2. The Morgan fingerprint density at radius 3 is 2.37 bits per heavy atom. The second kappa shape index (κ2) is 12.5. The molecule has 1 amide bonds. The van der Waals surface area contributed by atoms with E-state index in [1.54, 1.807) is 6.07 Å². The molecule has 0 saturated heterocycles. The molecule has 5 rings (SSSR count). The molecule has 0 radical (unpaired) electrons. The molecule has 2 heterocycles. The molecule has 1 aliphatic carbocycles. The standard InChI is InChI=1S/C35H43N3O3/c1-5-6-7-8-9-10-11-12-18-38-19-17-24-20-28-32(22-30(24)38)41-33-23-31(39)27(21-29(33)37-28)34(40)36-26-15-13-25(14-16-26)35(2,3)4/h13-16,20-23H,5-12,17-19H2,1-4H3,(H,36,40). The molecule has 6 heteroatoms. The lowest BCUT2D eigenvalue weighted by atomic mass is 9.87. The Morgan fingerprint density at radius 2 is 1.66 bits per heavy atom. The van der Waals surface area contributed by atoms with Crippen LogP contribution in [-0.4, -0.2) is 24.0 Å². The zero-order chi connectivity index (χ0) is 29.0. The summed E-state index contributed by atoms with van der Waals surface area (Å²) in [5.41, 5.74) is 5.89. The van der Waals surface area contributed by atoms with Crippen LogP contribution in [0.3, 0.4) is 0 Å². The van der Waals surface area contributed by atoms with Crippen LogP contribution in [0.25, 0.3) is 22.6 Å². The van der Waals surface area contributed by atoms with Crippen molar-refractivity contribution >= 4 is 28.4 Å². The number of fused-ring (bicyclic) bond motifs is 3. The number of hydrogen-bond acceptors (Lipinski definition) is 5. The van der Waals surface area contributed by atoms with Crippen LogP contribution in [-0.2, 0) is 11.8 Å². The van der Waals surface area contributed by atoms with E-state index < -0.39 is 5.91 Å². The third-order valence-electron chi connectivity index (χ3n) is 8.21. The van der Waals surface area contributed by atoms with Crippen LogP contribution in [0.2, 0.25) is 0 Å². The summed E-state index contributed by atoms with van der Waals surface area (Å²) in [6, 6.07) is 14.8. The summed E-state index contributed by atoms with van der Waals surface area (Å²) in [5, 5.41) is 2.85. The predicted octanol–water partition coefficient (Wildman–Crippen LogP) is 8.35. The van der Waals surface area contributed by atoms with Crippen molar-refractivity contribution in [3.05, 3.63) is 75.4 Å². The van der Waals surface area contributed by atoms with Crippen LogP contribution >= 0.6 is 0 Å². The van der Waals surface area contributed by atoms with E-state index in [0.717, 1.165) is 25.0 Å². The zero-order valence-corrected chi connectivity index (χ0v) is 25.0. The van der Waals surface area contributed by atoms with Crippen LogP contribution in [0.5, 0.6) is 0 Å². The number of anilines is 2. The molecule has 1 N–H and O–H groups in total. The Kier molecular flexibility index (Phi) is 8.77. The molecule has 0 fully saturated rings. The highest BCUT2D eigenvalue weighted by Crippen LogP contribution is 2.34. The van der Waals surface area contributed by atoms with Crippen molar-refractivity contribution in [1.29, 1.82) is 0 Å². The summed E-state index contributed by atoms with van der Waals surface area (Å²) in [5.74, 6) is -0.0611. The van der Waals surface area contributed by atoms with Gasteiger partial charge in [0.1, 0.15) is 11.2 Å². The maximum Gasteiger partial charge on any atom is 0.259 e. The Hall–Kier alpha value is -3.67. The molecule has 3 aliphatic rings. The molecular formula is C35H43N3O3. The second-order valence-corrected chi connectivity index (χ2v) is 12.5. The molecule has 0 atom stereocenters. The van der Waals surface area contributed by atoms with Gasteiger partial charge in [0.2, 0.25) is 0 Å². The first kappa shape index (κ1) is 28.8. The van der Waals surface area contributed by atoms with Gasteiger partial charge in [0, 0.05) is 36.6 Å². The lowest BCUT2D eigenvalue weighted by Gasteiger charge is -2.19. The molecule has 6 nitrogen and oxygen atoms in total. The number of nitrogens with one attached hydrogen (secondary N) is 1. The SMILES string of the molecule is CCCCCCCCCCN1CCc2cc3nc4cc(C(=O)Nc5ccc(C(C)(C)C)cc5)c(=O)cc-4oc3cc21. The minimum Gasteiger partial charge on any atom is -0.453 e. The number of hydrogen-bond donors (Lipinski definition) is 1. The van der Waals surface area contributed by atoms with Crippen LogP contribution in [0.15, 0.2) is 57.7 Å². The van der Waals surface area contributed by atoms with E-state index in [2.05, 4.69) is 50.0 Å². The quantitative estimate of drug-likeness (QED) is 0.149. The van der Waals surface area contributed by atoms with E-state index in [-0.39, 0.29) is 16.4 Å². The van der Waals surface area contributed by atoms with Gasteiger partial charge in [-0.2, -0.15) is 0 Å². The lowest BCUT2D eigenvalue weighted by Crippen LogP contribution is -2.22. The number of carbonyl (C=O) groups is 1. The van der Waals surface area contributed by atoms with Crippen molar-refractivity contribution in [2.24, 2.45) is 0 Å². The summed E-state index contributed by atoms with van der Waals surface area (Å²) in [6.45, 7) is 10.7. The number of benzene rings is 3. The smallest absolute Gasteiger partial charge is 0.259 e. The molecule has 0 saturated carbocycles. The number of aromatic nitrogens is 1. The zero-order valence-electron chi connectivity index (χ0n) is 25.0. The average molecular weight is 554 g/mol. The molecule has 2 aliphatic heterocycles. The third kappa shape index (κ3) is 6.80. The molecule has 0 spiro atoms. The Balaban J connectivity index is 1.29. The van der Waals surface area contributed by atoms with Crippen molar-refractivity contribution in [2.45, 2.75) is 90.9 Å². The first-order valence-corrected chi connectivity index (χ1v) is 15.3. The van der Waals surface area contributed by atoms with Gasteiger partial charge in [0.15, 0.2) is 16.8 Å². The van der Waals surface area contributed by atoms with Gasteiger partial charge in [-0.3, -0.25) is 9.59 Å². The van der Waals surface area contributed by atoms with Crippen LogP contribution in [0.1, 0.15) is 101 Å². The van der Waals surface area contributed by atoms with E-state index in [9.17, 15) is 9.59 Å². The molecule has 2 aromatic carbocycles. The third-order valence-corrected chi connectivity index (χ3v) is 8.21. The average Bonchev–Trinajstić information content (AvgIpc) is 3.33. The highest BCUT2D eigenvalue weighted by atomic mass is 16.3. The van der Waals surface area contributed by atoms with Crippen LogP contribution in [0, 0.1) is 0 Å². The predicted molar refractivity (Wildman–Crippen MR) is 169 cm³/mol. The molecule has 2 aromatic rings. The van der Waals surface area contributed by atoms with E-state index in [0.29, 0.717) is 22.7 Å². The molecule has 0 unspecified atom stereocenters. The van der Waals surface area contributed by atoms with E-state index >= 15 is 0 Å². The maximum atomic E-state index is 13.0. The highest BCUT2D eigenvalue weighted by molar-refractivity contribution is 6.05. The van der Waals surface area contributed by atoms with Gasteiger partial charge >= 0.3 is 0 Å². The fourth-order valence-corrected chi connectivity index (χ4v) is 5.71. The summed E-state index contributed by atoms with van der Waals surface area (Å²) >= 11 is 0. The van der Waals surface area contributed by atoms with E-state index in [4.69, 9.17) is 9.40 Å². The normalized spacial score (nSPS) is 13.2. The summed E-state index contributed by atoms with van der Waals surface area (Å²) < 4.78 is 6.17. The monoisotopic (exact) mass is 553 g/mol. The fraction of sp³-hybridized carbons (Fsp3) is 0.457. The maximum absolute atomic E-state index is 13.0. The lowest BCUT2D eigenvalue weighted by molar-refractivity contribution is 0.102. The number of rotatable bonds is 11. The van der Waals surface area contributed by atoms with Crippen molar-refractivity contribution in [3.63, 3.8) is 0 Å². The Morgan fingerprint density at radius 1 is 0.951 bits per heavy atom. The minimum atomic E-state index is -0.451. The van der Waals surface area contributed by atoms with Gasteiger partial charge in [-0.1, -0.05) is 84.8 Å². The first-order chi connectivity index (χ1) is 19.7. The topological polar surface area (TPSA) is 75.4 Å². The molecule has 0 aromatic heterocycles. The fourth-order valence-electron chi connectivity index (χ4n) is 5.71. The summed E-state index contributed by atoms with van der Waals surface area (Å²) in [7, 11) is 0. The van der Waals surface area contributed by atoms with Gasteiger partial charge in [-0.15, -0.1) is 0 Å². The first-order valence-electron chi connectivity index (χ1n) is 15.3. The summed E-state index contributed by atoms with van der Waals surface area (Å²) in [4.78, 5) is 33.2. The number of carbonyl (C=O) groups excluding carboxylic acids is 1. The summed E-state index contributed by atoms with van der Waals surface area (Å²) in [6.07, 6.45) is 11.5. The minimum absolute atomic E-state index is 0.0205. The highest BCUT2D eigenvalue weighted by Gasteiger charge is 2.23. The van der Waals surface area contributed by atoms with Gasteiger partial charge in [-0.05, 0) is 53.6 Å². The second-order valence-electron chi connectivity index (χ2n) is 12.5. The van der Waals surface area contributed by atoms with Gasteiger partial charge < -0.3 is 14.6 Å². The van der Waals surface area contributed by atoms with Crippen LogP contribution < -0.4 is 15.6 Å².